The van der Waals surface area contributed by atoms with Gasteiger partial charge in [0.15, 0.2) is 0 Å². The maximum atomic E-state index is 4.88. The van der Waals surface area contributed by atoms with Gasteiger partial charge in [-0.3, -0.25) is 0 Å². The Morgan fingerprint density at radius 3 is 1.25 bits per heavy atom. The van der Waals surface area contributed by atoms with Gasteiger partial charge >= 0.3 is 35.3 Å². The third-order valence-corrected chi connectivity index (χ3v) is 0. The third-order valence-electron chi connectivity index (χ3n) is 0. The summed E-state index contributed by atoms with van der Waals surface area (Å²) in [6.45, 7) is 0. The molecule has 0 aromatic heterocycles. The molecule has 0 rings (SSSR count). The fourth-order valence-corrected chi connectivity index (χ4v) is 0. The van der Waals surface area contributed by atoms with Gasteiger partial charge in [0, 0.05) is 20.4 Å². The molecule has 0 atom stereocenters. The van der Waals surface area contributed by atoms with E-state index in [0.29, 0.717) is 0 Å². The van der Waals surface area contributed by atoms with Crippen LogP contribution in [0, 0.1) is 0 Å². The molecule has 0 nitrogen and oxygen atoms in total. The number of rotatable bonds is 0. The second-order valence-electron chi connectivity index (χ2n) is 0.0452. The summed E-state index contributed by atoms with van der Waals surface area (Å²) in [5.74, 6) is 0. The summed E-state index contributed by atoms with van der Waals surface area (Å²) in [4.78, 5) is 0. The van der Waals surface area contributed by atoms with E-state index in [9.17, 15) is 0 Å². The topological polar surface area (TPSA) is 0 Å². The summed E-state index contributed by atoms with van der Waals surface area (Å²) in [5.41, 5.74) is 0. The fraction of sp³-hybridized carbons (Fsp3) is 0. The normalized spacial score (nSPS) is 5.50. The van der Waals surface area contributed by atoms with E-state index in [1.165, 1.54) is 0 Å². The van der Waals surface area contributed by atoms with Crippen molar-refractivity contribution >= 4 is 18.8 Å². The van der Waals surface area contributed by atoms with Crippen molar-refractivity contribution in [3.63, 3.8) is 0 Å². The first kappa shape index (κ1) is 9.33. The molecule has 0 aromatic rings. The molecule has 0 heterocycles. The van der Waals surface area contributed by atoms with Crippen LogP contribution >= 0.6 is 18.8 Å². The molecule has 0 aliphatic rings. The second-order valence-corrected chi connectivity index (χ2v) is 3.33. The maximum absolute atomic E-state index is 4.88. The second kappa shape index (κ2) is 8.87. The van der Waals surface area contributed by atoms with Crippen molar-refractivity contribution in [2.45, 2.75) is 0 Å². The van der Waals surface area contributed by atoms with Crippen LogP contribution in [0.1, 0.15) is 0 Å². The molecule has 0 radical (unpaired) electrons. The minimum absolute atomic E-state index is 0. The van der Waals surface area contributed by atoms with Crippen LogP contribution < -0.4 is 0 Å². The quantitative estimate of drug-likeness (QED) is 0.564. The van der Waals surface area contributed by atoms with Crippen molar-refractivity contribution in [2.75, 3.05) is 0 Å². The van der Waals surface area contributed by atoms with Gasteiger partial charge in [-0.25, -0.2) is 0 Å². The van der Waals surface area contributed by atoms with E-state index in [-0.39, 0.29) is 20.4 Å². The average Bonchev–Trinajstić information content (AvgIpc) is 0.918. The Kier molecular flexibility index (Phi) is 20.7. The molecule has 0 saturated carbocycles. The van der Waals surface area contributed by atoms with Gasteiger partial charge in [-0.1, -0.05) is 0 Å². The maximum Gasteiger partial charge on any atom is 0 e. The van der Waals surface area contributed by atoms with Crippen LogP contribution in [0.15, 0.2) is 0 Å². The Bertz CT molecular complexity index is 6.00. The predicted octanol–water partition coefficient (Wildman–Crippen LogP) is 1.37. The minimum atomic E-state index is -0.472. The van der Waals surface area contributed by atoms with Crippen LogP contribution in [0.3, 0.4) is 0 Å². The van der Waals surface area contributed by atoms with Crippen LogP contribution in [0.2, 0.25) is 0 Å². The van der Waals surface area contributed by atoms with Gasteiger partial charge in [-0.15, -0.1) is 0 Å². The van der Waals surface area contributed by atoms with Crippen LogP contribution in [0.5, 0.6) is 0 Å². The fourth-order valence-electron chi connectivity index (χ4n) is 0. The molecular formula is Cl2PdPt. The van der Waals surface area contributed by atoms with E-state index in [0.717, 1.165) is 0 Å². The first-order valence-corrected chi connectivity index (χ1v) is 5.87. The molecule has 0 aromatic carbocycles. The average molecular weight is 372 g/mol. The molecule has 34 valence electrons. The zero-order valence-electron chi connectivity index (χ0n) is 1.39. The summed E-state index contributed by atoms with van der Waals surface area (Å²) in [6, 6.07) is 0. The summed E-state index contributed by atoms with van der Waals surface area (Å²) in [5, 5.41) is 0. The Morgan fingerprint density at radius 2 is 1.25 bits per heavy atom. The minimum Gasteiger partial charge on any atom is 0 e. The van der Waals surface area contributed by atoms with Gasteiger partial charge in [0.05, 0.1) is 0 Å². The summed E-state index contributed by atoms with van der Waals surface area (Å²) in [6.07, 6.45) is 0. The van der Waals surface area contributed by atoms with Crippen molar-refractivity contribution in [1.82, 2.24) is 0 Å². The van der Waals surface area contributed by atoms with Gasteiger partial charge in [0.25, 0.3) is 0 Å². The zero-order chi connectivity index (χ0) is 2.71. The van der Waals surface area contributed by atoms with E-state index >= 15 is 0 Å². The van der Waals surface area contributed by atoms with Gasteiger partial charge in [-0.2, -0.15) is 0 Å². The predicted molar refractivity (Wildman–Crippen MR) is 11.7 cm³/mol. The zero-order valence-corrected chi connectivity index (χ0v) is 6.73. The van der Waals surface area contributed by atoms with E-state index < -0.39 is 16.5 Å². The Hall–Kier alpha value is 1.93. The number of halogens is 2. The molecule has 0 N–H and O–H groups in total. The van der Waals surface area contributed by atoms with E-state index in [2.05, 4.69) is 0 Å². The molecule has 4 heavy (non-hydrogen) atoms. The van der Waals surface area contributed by atoms with Crippen molar-refractivity contribution in [3.8, 4) is 0 Å². The summed E-state index contributed by atoms with van der Waals surface area (Å²) >= 11 is -0.472. The third kappa shape index (κ3) is 9.06. The molecule has 0 fully saturated rings. The molecule has 0 saturated heterocycles. The van der Waals surface area contributed by atoms with Gasteiger partial charge in [0.2, 0.25) is 0 Å². The SMILES string of the molecule is [Cl][Pt][Cl].[Pd]. The molecular weight excluding hydrogens is 372 g/mol. The summed E-state index contributed by atoms with van der Waals surface area (Å²) < 4.78 is 0. The van der Waals surface area contributed by atoms with Gasteiger partial charge < -0.3 is 0 Å². The summed E-state index contributed by atoms with van der Waals surface area (Å²) in [7, 11) is 9.75. The molecule has 0 aliphatic heterocycles. The van der Waals surface area contributed by atoms with E-state index in [4.69, 9.17) is 18.8 Å². The van der Waals surface area contributed by atoms with Gasteiger partial charge in [-0.05, 0) is 0 Å². The first-order chi connectivity index (χ1) is 1.41. The molecule has 0 aliphatic carbocycles. The molecule has 0 amide bonds. The monoisotopic (exact) mass is 371 g/mol. The molecule has 0 bridgehead atoms. The Balaban J connectivity index is 0. The Morgan fingerprint density at radius 1 is 1.25 bits per heavy atom. The Labute approximate surface area is 55.3 Å². The number of hydrogen-bond donors (Lipinski definition) is 0. The first-order valence-electron chi connectivity index (χ1n) is 0.239. The van der Waals surface area contributed by atoms with E-state index in [1.54, 1.807) is 0 Å². The van der Waals surface area contributed by atoms with Crippen LogP contribution in [-0.4, -0.2) is 0 Å². The van der Waals surface area contributed by atoms with Crippen molar-refractivity contribution in [2.24, 2.45) is 0 Å². The molecule has 0 unspecified atom stereocenters. The smallest absolute Gasteiger partial charge is 0 e. The largest absolute Gasteiger partial charge is 0 e. The van der Waals surface area contributed by atoms with Crippen molar-refractivity contribution in [1.29, 1.82) is 0 Å². The molecule has 4 heteroatoms. The van der Waals surface area contributed by atoms with E-state index in [1.807, 2.05) is 0 Å². The van der Waals surface area contributed by atoms with Crippen LogP contribution in [0.4, 0.5) is 0 Å². The van der Waals surface area contributed by atoms with Crippen LogP contribution in [0.25, 0.3) is 0 Å². The van der Waals surface area contributed by atoms with Gasteiger partial charge in [0.1, 0.15) is 0 Å². The standard InChI is InChI=1S/2ClH.Pd.Pt/h2*1H;;/q;;;+2/p-2. The van der Waals surface area contributed by atoms with Crippen LogP contribution in [-0.2, 0) is 36.9 Å². The number of hydrogen-bond acceptors (Lipinski definition) is 0. The molecule has 0 spiro atoms. The van der Waals surface area contributed by atoms with Crippen molar-refractivity contribution in [3.05, 3.63) is 0 Å². The van der Waals surface area contributed by atoms with Crippen molar-refractivity contribution < 1.29 is 36.9 Å².